The van der Waals surface area contributed by atoms with E-state index in [1.165, 1.54) is 11.8 Å². The fourth-order valence-electron chi connectivity index (χ4n) is 3.06. The molecule has 4 rings (SSSR count). The van der Waals surface area contributed by atoms with Gasteiger partial charge in [-0.15, -0.1) is 0 Å². The molecular weight excluding hydrogens is 346 g/mol. The van der Waals surface area contributed by atoms with Crippen LogP contribution >= 0.6 is 11.8 Å². The lowest BCUT2D eigenvalue weighted by molar-refractivity contribution is -0.131. The highest BCUT2D eigenvalue weighted by molar-refractivity contribution is 7.99. The number of thioether (sulfide) groups is 1. The molecule has 1 aliphatic rings. The first-order valence-corrected chi connectivity index (χ1v) is 9.54. The van der Waals surface area contributed by atoms with Crippen molar-refractivity contribution < 1.29 is 4.79 Å². The standard InChI is InChI=1S/C19H19N5OS/c1-14-19-21-18(15-7-3-2-4-8-15)22-24(19)12-11-23(14)17(25)13-26-16-9-5-6-10-20-16/h2-10,14H,11-13H2,1H3/t14-/m0/s1. The van der Waals surface area contributed by atoms with Gasteiger partial charge in [0.2, 0.25) is 5.91 Å². The van der Waals surface area contributed by atoms with E-state index in [2.05, 4.69) is 10.1 Å². The summed E-state index contributed by atoms with van der Waals surface area (Å²) in [5, 5.41) is 5.47. The second-order valence-corrected chi connectivity index (χ2v) is 7.10. The minimum Gasteiger partial charge on any atom is -0.330 e. The van der Waals surface area contributed by atoms with Crippen LogP contribution in [0.25, 0.3) is 11.4 Å². The summed E-state index contributed by atoms with van der Waals surface area (Å²) in [5.41, 5.74) is 0.991. The number of fused-ring (bicyclic) bond motifs is 1. The molecule has 0 saturated carbocycles. The molecule has 0 spiro atoms. The van der Waals surface area contributed by atoms with Crippen molar-refractivity contribution in [1.29, 1.82) is 0 Å². The molecule has 1 atom stereocenters. The first-order valence-electron chi connectivity index (χ1n) is 8.56. The summed E-state index contributed by atoms with van der Waals surface area (Å²) in [5.74, 6) is 2.03. The van der Waals surface area contributed by atoms with Crippen LogP contribution in [0, 0.1) is 0 Å². The number of carbonyl (C=O) groups is 1. The molecule has 6 nitrogen and oxygen atoms in total. The summed E-state index contributed by atoms with van der Waals surface area (Å²) < 4.78 is 1.92. The Morgan fingerprint density at radius 3 is 2.73 bits per heavy atom. The molecule has 3 heterocycles. The maximum Gasteiger partial charge on any atom is 0.233 e. The van der Waals surface area contributed by atoms with Crippen molar-refractivity contribution in [3.8, 4) is 11.4 Å². The number of pyridine rings is 1. The molecule has 1 aromatic carbocycles. The normalized spacial score (nSPS) is 16.3. The second-order valence-electron chi connectivity index (χ2n) is 6.10. The zero-order valence-electron chi connectivity index (χ0n) is 14.4. The summed E-state index contributed by atoms with van der Waals surface area (Å²) in [6.45, 7) is 3.32. The Balaban J connectivity index is 1.48. The van der Waals surface area contributed by atoms with Crippen molar-refractivity contribution >= 4 is 17.7 Å². The van der Waals surface area contributed by atoms with Crippen LogP contribution in [0.3, 0.4) is 0 Å². The van der Waals surface area contributed by atoms with E-state index in [9.17, 15) is 4.79 Å². The van der Waals surface area contributed by atoms with E-state index < -0.39 is 0 Å². The lowest BCUT2D eigenvalue weighted by Crippen LogP contribution is -2.42. The van der Waals surface area contributed by atoms with Gasteiger partial charge >= 0.3 is 0 Å². The van der Waals surface area contributed by atoms with E-state index in [1.807, 2.05) is 65.0 Å². The van der Waals surface area contributed by atoms with Gasteiger partial charge in [-0.25, -0.2) is 14.6 Å². The Morgan fingerprint density at radius 2 is 1.96 bits per heavy atom. The van der Waals surface area contributed by atoms with Crippen LogP contribution in [-0.2, 0) is 11.3 Å². The Kier molecular flexibility index (Phi) is 4.71. The number of carbonyl (C=O) groups excluding carboxylic acids is 1. The van der Waals surface area contributed by atoms with Gasteiger partial charge in [-0.1, -0.05) is 48.2 Å². The van der Waals surface area contributed by atoms with Gasteiger partial charge in [-0.2, -0.15) is 5.10 Å². The molecule has 0 aliphatic carbocycles. The Labute approximate surface area is 156 Å². The zero-order chi connectivity index (χ0) is 17.9. The van der Waals surface area contributed by atoms with Crippen LogP contribution in [0.1, 0.15) is 18.8 Å². The van der Waals surface area contributed by atoms with Gasteiger partial charge in [0.25, 0.3) is 0 Å². The van der Waals surface area contributed by atoms with Crippen LogP contribution in [0.4, 0.5) is 0 Å². The predicted octanol–water partition coefficient (Wildman–Crippen LogP) is 3.04. The molecule has 2 aromatic heterocycles. The summed E-state index contributed by atoms with van der Waals surface area (Å²) in [4.78, 5) is 23.5. The fraction of sp³-hybridized carbons (Fsp3) is 0.263. The number of amides is 1. The lowest BCUT2D eigenvalue weighted by Gasteiger charge is -2.32. The molecule has 132 valence electrons. The second kappa shape index (κ2) is 7.29. The summed E-state index contributed by atoms with van der Waals surface area (Å²) in [7, 11) is 0. The third-order valence-corrected chi connectivity index (χ3v) is 5.36. The number of aromatic nitrogens is 4. The Morgan fingerprint density at radius 1 is 1.15 bits per heavy atom. The van der Waals surface area contributed by atoms with E-state index in [4.69, 9.17) is 4.98 Å². The fourth-order valence-corrected chi connectivity index (χ4v) is 3.81. The van der Waals surface area contributed by atoms with Crippen LogP contribution < -0.4 is 0 Å². The monoisotopic (exact) mass is 365 g/mol. The molecule has 0 N–H and O–H groups in total. The highest BCUT2D eigenvalue weighted by Gasteiger charge is 2.30. The van der Waals surface area contributed by atoms with Gasteiger partial charge in [0.15, 0.2) is 5.82 Å². The van der Waals surface area contributed by atoms with Gasteiger partial charge < -0.3 is 4.90 Å². The average Bonchev–Trinajstić information content (AvgIpc) is 3.13. The number of nitrogens with zero attached hydrogens (tertiary/aromatic N) is 5. The molecular formula is C19H19N5OS. The lowest BCUT2D eigenvalue weighted by atomic mass is 10.2. The number of hydrogen-bond acceptors (Lipinski definition) is 5. The molecule has 0 radical (unpaired) electrons. The molecule has 7 heteroatoms. The van der Waals surface area contributed by atoms with Crippen molar-refractivity contribution in [3.05, 3.63) is 60.6 Å². The smallest absolute Gasteiger partial charge is 0.233 e. The maximum absolute atomic E-state index is 12.7. The van der Waals surface area contributed by atoms with Gasteiger partial charge in [-0.3, -0.25) is 4.79 Å². The highest BCUT2D eigenvalue weighted by Crippen LogP contribution is 2.27. The van der Waals surface area contributed by atoms with Crippen molar-refractivity contribution in [2.24, 2.45) is 0 Å². The predicted molar refractivity (Wildman–Crippen MR) is 101 cm³/mol. The summed E-state index contributed by atoms with van der Waals surface area (Å²) in [6.07, 6.45) is 1.74. The van der Waals surface area contributed by atoms with Crippen LogP contribution in [0.5, 0.6) is 0 Å². The van der Waals surface area contributed by atoms with Gasteiger partial charge in [0.1, 0.15) is 5.82 Å². The number of rotatable bonds is 4. The number of benzene rings is 1. The molecule has 0 fully saturated rings. The van der Waals surface area contributed by atoms with E-state index in [-0.39, 0.29) is 11.9 Å². The van der Waals surface area contributed by atoms with Gasteiger partial charge in [0, 0.05) is 18.3 Å². The van der Waals surface area contributed by atoms with Crippen LogP contribution in [0.2, 0.25) is 0 Å². The van der Waals surface area contributed by atoms with Crippen LogP contribution in [-0.4, -0.2) is 42.9 Å². The van der Waals surface area contributed by atoms with Crippen LogP contribution in [0.15, 0.2) is 59.8 Å². The zero-order valence-corrected chi connectivity index (χ0v) is 15.3. The van der Waals surface area contributed by atoms with E-state index in [0.717, 1.165) is 16.4 Å². The molecule has 0 unspecified atom stereocenters. The van der Waals surface area contributed by atoms with Gasteiger partial charge in [0.05, 0.1) is 23.4 Å². The topological polar surface area (TPSA) is 63.9 Å². The first-order chi connectivity index (χ1) is 12.7. The largest absolute Gasteiger partial charge is 0.330 e. The molecule has 3 aromatic rings. The molecule has 1 aliphatic heterocycles. The summed E-state index contributed by atoms with van der Waals surface area (Å²) >= 11 is 1.46. The third kappa shape index (κ3) is 3.35. The minimum atomic E-state index is -0.0921. The SMILES string of the molecule is C[C@H]1c2nc(-c3ccccc3)nn2CCN1C(=O)CSc1ccccn1. The quantitative estimate of drug-likeness (QED) is 0.665. The maximum atomic E-state index is 12.7. The minimum absolute atomic E-state index is 0.0921. The molecule has 0 bridgehead atoms. The van der Waals surface area contributed by atoms with Crippen molar-refractivity contribution in [2.45, 2.75) is 24.5 Å². The Hall–Kier alpha value is -2.67. The van der Waals surface area contributed by atoms with E-state index in [1.54, 1.807) is 6.20 Å². The molecule has 1 amide bonds. The first kappa shape index (κ1) is 16.8. The van der Waals surface area contributed by atoms with Crippen molar-refractivity contribution in [1.82, 2.24) is 24.6 Å². The van der Waals surface area contributed by atoms with Crippen molar-refractivity contribution in [3.63, 3.8) is 0 Å². The van der Waals surface area contributed by atoms with E-state index in [0.29, 0.717) is 24.7 Å². The summed E-state index contributed by atoms with van der Waals surface area (Å²) in [6, 6.07) is 15.5. The van der Waals surface area contributed by atoms with Crippen molar-refractivity contribution in [2.75, 3.05) is 12.3 Å². The number of hydrogen-bond donors (Lipinski definition) is 0. The van der Waals surface area contributed by atoms with E-state index >= 15 is 0 Å². The third-order valence-electron chi connectivity index (χ3n) is 4.43. The molecule has 0 saturated heterocycles. The van der Waals surface area contributed by atoms with Gasteiger partial charge in [-0.05, 0) is 19.1 Å². The molecule has 26 heavy (non-hydrogen) atoms. The average molecular weight is 365 g/mol. The Bertz CT molecular complexity index is 897. The highest BCUT2D eigenvalue weighted by atomic mass is 32.2.